The highest BCUT2D eigenvalue weighted by molar-refractivity contribution is 5.79. The Morgan fingerprint density at radius 3 is 3.16 bits per heavy atom. The molecule has 0 radical (unpaired) electrons. The largest absolute Gasteiger partial charge is 0.342 e. The van der Waals surface area contributed by atoms with Crippen molar-refractivity contribution in [3.8, 4) is 0 Å². The number of fused-ring (bicyclic) bond motifs is 1. The Morgan fingerprint density at radius 2 is 2.37 bits per heavy atom. The average Bonchev–Trinajstić information content (AvgIpc) is 2.86. The standard InChI is InChI=1S/C16H22N2O/c1-12-6-8-18(11-12)16(19)9-13-3-2-4-14-10-17-7-5-15(13)14/h2-4,12,17H,5-11H2,1H3/t12-/m1/s1. The molecule has 19 heavy (non-hydrogen) atoms. The maximum Gasteiger partial charge on any atom is 0.227 e. The molecule has 1 N–H and O–H groups in total. The summed E-state index contributed by atoms with van der Waals surface area (Å²) >= 11 is 0. The fraction of sp³-hybridized carbons (Fsp3) is 0.562. The van der Waals surface area contributed by atoms with Gasteiger partial charge in [0.25, 0.3) is 0 Å². The minimum Gasteiger partial charge on any atom is -0.342 e. The molecule has 0 bridgehead atoms. The third kappa shape index (κ3) is 2.66. The van der Waals surface area contributed by atoms with Gasteiger partial charge < -0.3 is 10.2 Å². The van der Waals surface area contributed by atoms with Crippen molar-refractivity contribution >= 4 is 5.91 Å². The zero-order valence-corrected chi connectivity index (χ0v) is 11.6. The highest BCUT2D eigenvalue weighted by Gasteiger charge is 2.24. The van der Waals surface area contributed by atoms with Crippen LogP contribution < -0.4 is 5.32 Å². The lowest BCUT2D eigenvalue weighted by Gasteiger charge is -2.22. The monoisotopic (exact) mass is 258 g/mol. The van der Waals surface area contributed by atoms with Crippen molar-refractivity contribution in [2.45, 2.75) is 32.7 Å². The summed E-state index contributed by atoms with van der Waals surface area (Å²) in [6, 6.07) is 6.38. The van der Waals surface area contributed by atoms with Gasteiger partial charge in [0.15, 0.2) is 0 Å². The first kappa shape index (κ1) is 12.7. The van der Waals surface area contributed by atoms with Crippen molar-refractivity contribution in [1.82, 2.24) is 10.2 Å². The molecule has 1 aromatic carbocycles. The van der Waals surface area contributed by atoms with Crippen LogP contribution in [0.5, 0.6) is 0 Å². The van der Waals surface area contributed by atoms with Gasteiger partial charge in [-0.2, -0.15) is 0 Å². The number of benzene rings is 1. The van der Waals surface area contributed by atoms with Crippen molar-refractivity contribution in [2.24, 2.45) is 5.92 Å². The van der Waals surface area contributed by atoms with E-state index in [0.29, 0.717) is 18.2 Å². The van der Waals surface area contributed by atoms with Crippen LogP contribution in [0.4, 0.5) is 0 Å². The fourth-order valence-electron chi connectivity index (χ4n) is 3.21. The van der Waals surface area contributed by atoms with Gasteiger partial charge in [0.1, 0.15) is 0 Å². The highest BCUT2D eigenvalue weighted by Crippen LogP contribution is 2.21. The van der Waals surface area contributed by atoms with Gasteiger partial charge in [0.05, 0.1) is 6.42 Å². The van der Waals surface area contributed by atoms with Crippen LogP contribution in [-0.4, -0.2) is 30.4 Å². The molecule has 1 fully saturated rings. The number of hydrogen-bond donors (Lipinski definition) is 1. The van der Waals surface area contributed by atoms with Crippen LogP contribution in [0.3, 0.4) is 0 Å². The number of hydrogen-bond acceptors (Lipinski definition) is 2. The minimum absolute atomic E-state index is 0.302. The summed E-state index contributed by atoms with van der Waals surface area (Å²) in [6.07, 6.45) is 2.79. The van der Waals surface area contributed by atoms with Gasteiger partial charge in [-0.3, -0.25) is 4.79 Å². The van der Waals surface area contributed by atoms with Gasteiger partial charge in [-0.25, -0.2) is 0 Å². The third-order valence-corrected chi connectivity index (χ3v) is 4.36. The second kappa shape index (κ2) is 5.33. The second-order valence-corrected chi connectivity index (χ2v) is 5.89. The number of carbonyl (C=O) groups is 1. The lowest BCUT2D eigenvalue weighted by Crippen LogP contribution is -2.31. The van der Waals surface area contributed by atoms with Crippen LogP contribution in [-0.2, 0) is 24.2 Å². The zero-order chi connectivity index (χ0) is 13.2. The quantitative estimate of drug-likeness (QED) is 0.876. The van der Waals surface area contributed by atoms with Gasteiger partial charge in [-0.05, 0) is 42.0 Å². The van der Waals surface area contributed by atoms with E-state index in [4.69, 9.17) is 0 Å². The second-order valence-electron chi connectivity index (χ2n) is 5.89. The molecule has 1 atom stereocenters. The van der Waals surface area contributed by atoms with Crippen LogP contribution in [0.2, 0.25) is 0 Å². The predicted octanol–water partition coefficient (Wildman–Crippen LogP) is 1.74. The van der Waals surface area contributed by atoms with Gasteiger partial charge in [0, 0.05) is 19.6 Å². The molecule has 0 aliphatic carbocycles. The molecule has 1 amide bonds. The Balaban J connectivity index is 1.74. The summed E-state index contributed by atoms with van der Waals surface area (Å²) in [4.78, 5) is 14.4. The number of nitrogens with zero attached hydrogens (tertiary/aromatic N) is 1. The van der Waals surface area contributed by atoms with E-state index in [1.807, 2.05) is 4.90 Å². The van der Waals surface area contributed by atoms with Crippen LogP contribution in [0.15, 0.2) is 18.2 Å². The number of amides is 1. The van der Waals surface area contributed by atoms with E-state index in [9.17, 15) is 4.79 Å². The van der Waals surface area contributed by atoms with E-state index < -0.39 is 0 Å². The topological polar surface area (TPSA) is 32.3 Å². The third-order valence-electron chi connectivity index (χ3n) is 4.36. The molecular weight excluding hydrogens is 236 g/mol. The summed E-state index contributed by atoms with van der Waals surface area (Å²) in [7, 11) is 0. The maximum absolute atomic E-state index is 12.4. The molecule has 1 aromatic rings. The lowest BCUT2D eigenvalue weighted by molar-refractivity contribution is -0.129. The van der Waals surface area contributed by atoms with Crippen LogP contribution in [0, 0.1) is 5.92 Å². The molecule has 0 spiro atoms. The molecule has 0 aromatic heterocycles. The number of carbonyl (C=O) groups excluding carboxylic acids is 1. The average molecular weight is 258 g/mol. The van der Waals surface area contributed by atoms with E-state index in [1.165, 1.54) is 16.7 Å². The summed E-state index contributed by atoms with van der Waals surface area (Å²) in [5.74, 6) is 0.967. The lowest BCUT2D eigenvalue weighted by atomic mass is 9.93. The van der Waals surface area contributed by atoms with E-state index in [1.54, 1.807) is 0 Å². The first-order chi connectivity index (χ1) is 9.24. The predicted molar refractivity (Wildman–Crippen MR) is 75.9 cm³/mol. The number of likely N-dealkylation sites (tertiary alicyclic amines) is 1. The van der Waals surface area contributed by atoms with Gasteiger partial charge in [0.2, 0.25) is 5.91 Å². The summed E-state index contributed by atoms with van der Waals surface area (Å²) in [5.41, 5.74) is 4.01. The molecule has 3 heteroatoms. The van der Waals surface area contributed by atoms with Crippen molar-refractivity contribution in [3.05, 3.63) is 34.9 Å². The number of nitrogens with one attached hydrogen (secondary N) is 1. The molecule has 3 nitrogen and oxygen atoms in total. The van der Waals surface area contributed by atoms with Gasteiger partial charge in [-0.15, -0.1) is 0 Å². The van der Waals surface area contributed by atoms with E-state index in [-0.39, 0.29) is 0 Å². The molecule has 2 aliphatic rings. The summed E-state index contributed by atoms with van der Waals surface area (Å²) < 4.78 is 0. The molecule has 3 rings (SSSR count). The smallest absolute Gasteiger partial charge is 0.227 e. The fourth-order valence-corrected chi connectivity index (χ4v) is 3.21. The molecule has 0 saturated carbocycles. The van der Waals surface area contributed by atoms with E-state index in [0.717, 1.165) is 39.0 Å². The molecule has 2 aliphatic heterocycles. The van der Waals surface area contributed by atoms with E-state index >= 15 is 0 Å². The first-order valence-corrected chi connectivity index (χ1v) is 7.32. The highest BCUT2D eigenvalue weighted by atomic mass is 16.2. The SMILES string of the molecule is C[C@@H]1CCN(C(=O)Cc2cccc3c2CCNC3)C1. The molecule has 102 valence electrons. The molecular formula is C16H22N2O. The Labute approximate surface area is 115 Å². The Morgan fingerprint density at radius 1 is 1.47 bits per heavy atom. The van der Waals surface area contributed by atoms with Crippen LogP contribution >= 0.6 is 0 Å². The summed E-state index contributed by atoms with van der Waals surface area (Å²) in [5, 5.41) is 3.39. The van der Waals surface area contributed by atoms with Crippen molar-refractivity contribution < 1.29 is 4.79 Å². The molecule has 1 saturated heterocycles. The minimum atomic E-state index is 0.302. The van der Waals surface area contributed by atoms with Crippen LogP contribution in [0.1, 0.15) is 30.0 Å². The first-order valence-electron chi connectivity index (χ1n) is 7.32. The van der Waals surface area contributed by atoms with Crippen molar-refractivity contribution in [3.63, 3.8) is 0 Å². The zero-order valence-electron chi connectivity index (χ0n) is 11.6. The Hall–Kier alpha value is -1.35. The summed E-state index contributed by atoms with van der Waals surface area (Å²) in [6.45, 7) is 6.08. The van der Waals surface area contributed by atoms with Crippen LogP contribution in [0.25, 0.3) is 0 Å². The van der Waals surface area contributed by atoms with Gasteiger partial charge in [-0.1, -0.05) is 25.1 Å². The van der Waals surface area contributed by atoms with Crippen molar-refractivity contribution in [1.29, 1.82) is 0 Å². The molecule has 2 heterocycles. The maximum atomic E-state index is 12.4. The van der Waals surface area contributed by atoms with Crippen molar-refractivity contribution in [2.75, 3.05) is 19.6 Å². The van der Waals surface area contributed by atoms with E-state index in [2.05, 4.69) is 30.4 Å². The normalized spacial score (nSPS) is 22.4. The Bertz CT molecular complexity index is 484. The molecule has 0 unspecified atom stereocenters. The van der Waals surface area contributed by atoms with Gasteiger partial charge >= 0.3 is 0 Å². The Kier molecular flexibility index (Phi) is 3.56. The number of rotatable bonds is 2.